The first kappa shape index (κ1) is 18.5. The summed E-state index contributed by atoms with van der Waals surface area (Å²) in [5.74, 6) is 0.936. The summed E-state index contributed by atoms with van der Waals surface area (Å²) in [5.41, 5.74) is 0. The maximum atomic E-state index is 3.66. The van der Waals surface area contributed by atoms with Crippen molar-refractivity contribution in [2.24, 2.45) is 5.92 Å². The Morgan fingerprint density at radius 2 is 1.83 bits per heavy atom. The molecular weight excluding hydrogens is 267 g/mol. The largest absolute Gasteiger partial charge is 0.316 e. The number of piperidine rings is 2. The Kier molecular flexibility index (Phi) is 10.6. The van der Waals surface area contributed by atoms with Crippen LogP contribution < -0.4 is 5.32 Å². The van der Waals surface area contributed by atoms with Crippen molar-refractivity contribution < 1.29 is 0 Å². The summed E-state index contributed by atoms with van der Waals surface area (Å²) < 4.78 is 0. The number of fused-ring (bicyclic) bond motifs is 1. The molecule has 2 fully saturated rings. The summed E-state index contributed by atoms with van der Waals surface area (Å²) in [6.45, 7) is 7.50. The molecule has 1 unspecified atom stereocenters. The minimum atomic E-state index is 0. The highest BCUT2D eigenvalue weighted by molar-refractivity contribution is 5.85. The van der Waals surface area contributed by atoms with E-state index in [0.29, 0.717) is 0 Å². The van der Waals surface area contributed by atoms with Crippen LogP contribution in [0, 0.1) is 5.92 Å². The van der Waals surface area contributed by atoms with Gasteiger partial charge in [0.2, 0.25) is 0 Å². The van der Waals surface area contributed by atoms with Crippen LogP contribution >= 0.6 is 24.8 Å². The van der Waals surface area contributed by atoms with E-state index in [1.54, 1.807) is 0 Å². The molecule has 2 rings (SSSR count). The Hall–Kier alpha value is 0.500. The van der Waals surface area contributed by atoms with E-state index in [9.17, 15) is 0 Å². The summed E-state index contributed by atoms with van der Waals surface area (Å²) in [6.07, 6.45) is 9.89. The molecule has 2 saturated heterocycles. The van der Waals surface area contributed by atoms with Gasteiger partial charge in [0.1, 0.15) is 0 Å². The fraction of sp³-hybridized carbons (Fsp3) is 1.00. The van der Waals surface area contributed by atoms with Gasteiger partial charge in [-0.25, -0.2) is 0 Å². The van der Waals surface area contributed by atoms with Gasteiger partial charge < -0.3 is 10.2 Å². The molecule has 2 nitrogen and oxygen atoms in total. The molecule has 2 heterocycles. The Balaban J connectivity index is 0.00000144. The van der Waals surface area contributed by atoms with Gasteiger partial charge in [0.05, 0.1) is 0 Å². The average Bonchev–Trinajstić information content (AvgIpc) is 2.35. The topological polar surface area (TPSA) is 15.3 Å². The summed E-state index contributed by atoms with van der Waals surface area (Å²) in [5, 5.41) is 3.66. The molecule has 2 aliphatic rings. The SMILES string of the molecule is CCCCNC[C@@H]1CCCN2CCCCC12.Cl.Cl. The van der Waals surface area contributed by atoms with Crippen LogP contribution in [0.2, 0.25) is 0 Å². The Labute approximate surface area is 125 Å². The van der Waals surface area contributed by atoms with Crippen LogP contribution in [0.3, 0.4) is 0 Å². The molecule has 1 N–H and O–H groups in total. The van der Waals surface area contributed by atoms with Gasteiger partial charge in [-0.1, -0.05) is 19.8 Å². The second kappa shape index (κ2) is 10.3. The molecule has 4 heteroatoms. The zero-order valence-corrected chi connectivity index (χ0v) is 13.3. The Bertz CT molecular complexity index is 200. The second-order valence-electron chi connectivity index (χ2n) is 5.56. The van der Waals surface area contributed by atoms with Crippen LogP contribution in [0.25, 0.3) is 0 Å². The van der Waals surface area contributed by atoms with Crippen molar-refractivity contribution in [3.05, 3.63) is 0 Å². The summed E-state index contributed by atoms with van der Waals surface area (Å²) in [7, 11) is 0. The van der Waals surface area contributed by atoms with Gasteiger partial charge in [-0.2, -0.15) is 0 Å². The van der Waals surface area contributed by atoms with Gasteiger partial charge in [0.25, 0.3) is 0 Å². The fourth-order valence-electron chi connectivity index (χ4n) is 3.40. The van der Waals surface area contributed by atoms with Crippen molar-refractivity contribution in [1.29, 1.82) is 0 Å². The molecule has 2 atom stereocenters. The highest BCUT2D eigenvalue weighted by Gasteiger charge is 2.32. The maximum Gasteiger partial charge on any atom is 0.0136 e. The van der Waals surface area contributed by atoms with E-state index in [0.717, 1.165) is 12.0 Å². The van der Waals surface area contributed by atoms with E-state index in [1.807, 2.05) is 0 Å². The van der Waals surface area contributed by atoms with E-state index < -0.39 is 0 Å². The van der Waals surface area contributed by atoms with Gasteiger partial charge in [-0.15, -0.1) is 24.8 Å². The molecule has 0 saturated carbocycles. The molecule has 0 aromatic rings. The van der Waals surface area contributed by atoms with Gasteiger partial charge >= 0.3 is 0 Å². The van der Waals surface area contributed by atoms with Gasteiger partial charge in [0.15, 0.2) is 0 Å². The molecule has 0 radical (unpaired) electrons. The summed E-state index contributed by atoms with van der Waals surface area (Å²) in [6, 6.07) is 0.914. The van der Waals surface area contributed by atoms with E-state index in [2.05, 4.69) is 17.1 Å². The number of rotatable bonds is 5. The number of hydrogen-bond donors (Lipinski definition) is 1. The minimum absolute atomic E-state index is 0. The van der Waals surface area contributed by atoms with Crippen molar-refractivity contribution in [1.82, 2.24) is 10.2 Å². The Morgan fingerprint density at radius 1 is 1.06 bits per heavy atom. The van der Waals surface area contributed by atoms with Gasteiger partial charge in [0, 0.05) is 6.04 Å². The third-order valence-corrected chi connectivity index (χ3v) is 4.34. The van der Waals surface area contributed by atoms with E-state index >= 15 is 0 Å². The third-order valence-electron chi connectivity index (χ3n) is 4.34. The van der Waals surface area contributed by atoms with Crippen molar-refractivity contribution in [2.75, 3.05) is 26.2 Å². The minimum Gasteiger partial charge on any atom is -0.316 e. The molecule has 2 aliphatic heterocycles. The number of unbranched alkanes of at least 4 members (excludes halogenated alkanes) is 1. The standard InChI is InChI=1S/C14H28N2.2ClH/c1-2-3-9-15-12-13-7-6-11-16-10-5-4-8-14(13)16;;/h13-15H,2-12H2,1H3;2*1H/t13-,14?;;/m0../s1. The van der Waals surface area contributed by atoms with E-state index in [-0.39, 0.29) is 24.8 Å². The molecular formula is C14H30Cl2N2. The van der Waals surface area contributed by atoms with Crippen molar-refractivity contribution >= 4 is 24.8 Å². The predicted octanol–water partition coefficient (Wildman–Crippen LogP) is 3.48. The number of nitrogens with zero attached hydrogens (tertiary/aromatic N) is 1. The highest BCUT2D eigenvalue weighted by Crippen LogP contribution is 2.30. The lowest BCUT2D eigenvalue weighted by Gasteiger charge is -2.44. The number of halogens is 2. The first-order chi connectivity index (χ1) is 7.92. The fourth-order valence-corrected chi connectivity index (χ4v) is 3.40. The van der Waals surface area contributed by atoms with Crippen LogP contribution in [-0.2, 0) is 0 Å². The predicted molar refractivity (Wildman–Crippen MR) is 84.2 cm³/mol. The zero-order chi connectivity index (χ0) is 11.2. The lowest BCUT2D eigenvalue weighted by Crippen LogP contribution is -2.50. The molecule has 110 valence electrons. The maximum absolute atomic E-state index is 3.66. The Morgan fingerprint density at radius 3 is 2.61 bits per heavy atom. The smallest absolute Gasteiger partial charge is 0.0136 e. The molecule has 0 aromatic heterocycles. The monoisotopic (exact) mass is 296 g/mol. The normalized spacial score (nSPS) is 27.8. The zero-order valence-electron chi connectivity index (χ0n) is 11.7. The van der Waals surface area contributed by atoms with Crippen molar-refractivity contribution in [3.8, 4) is 0 Å². The van der Waals surface area contributed by atoms with Crippen LogP contribution in [-0.4, -0.2) is 37.1 Å². The first-order valence-electron chi connectivity index (χ1n) is 7.36. The van der Waals surface area contributed by atoms with Crippen LogP contribution in [0.1, 0.15) is 51.9 Å². The van der Waals surface area contributed by atoms with Crippen LogP contribution in [0.5, 0.6) is 0 Å². The van der Waals surface area contributed by atoms with Crippen LogP contribution in [0.4, 0.5) is 0 Å². The molecule has 18 heavy (non-hydrogen) atoms. The van der Waals surface area contributed by atoms with E-state index in [4.69, 9.17) is 0 Å². The van der Waals surface area contributed by atoms with Gasteiger partial charge in [-0.05, 0) is 64.2 Å². The summed E-state index contributed by atoms with van der Waals surface area (Å²) in [4.78, 5) is 2.76. The van der Waals surface area contributed by atoms with Gasteiger partial charge in [-0.3, -0.25) is 0 Å². The third kappa shape index (κ3) is 5.24. The quantitative estimate of drug-likeness (QED) is 0.782. The van der Waals surface area contributed by atoms with E-state index in [1.165, 1.54) is 71.1 Å². The molecule has 0 aromatic carbocycles. The lowest BCUT2D eigenvalue weighted by atomic mass is 9.83. The average molecular weight is 297 g/mol. The molecule has 0 aliphatic carbocycles. The molecule has 0 bridgehead atoms. The van der Waals surface area contributed by atoms with Crippen molar-refractivity contribution in [2.45, 2.75) is 57.9 Å². The van der Waals surface area contributed by atoms with Crippen molar-refractivity contribution in [3.63, 3.8) is 0 Å². The summed E-state index contributed by atoms with van der Waals surface area (Å²) >= 11 is 0. The van der Waals surface area contributed by atoms with Crippen LogP contribution in [0.15, 0.2) is 0 Å². The molecule has 0 amide bonds. The lowest BCUT2D eigenvalue weighted by molar-refractivity contribution is 0.0595. The first-order valence-corrected chi connectivity index (χ1v) is 7.36. The second-order valence-corrected chi connectivity index (χ2v) is 5.56. The number of hydrogen-bond acceptors (Lipinski definition) is 2. The number of nitrogens with one attached hydrogen (secondary N) is 1. The molecule has 0 spiro atoms. The highest BCUT2D eigenvalue weighted by atomic mass is 35.5.